The number of nitrogens with one attached hydrogen (secondary N) is 2. The fourth-order valence-electron chi connectivity index (χ4n) is 3.30. The molecule has 0 radical (unpaired) electrons. The molecule has 3 amide bonds. The van der Waals surface area contributed by atoms with Crippen molar-refractivity contribution in [3.63, 3.8) is 0 Å². The molecule has 31 heavy (non-hydrogen) atoms. The van der Waals surface area contributed by atoms with Crippen LogP contribution in [0.2, 0.25) is 0 Å². The first-order chi connectivity index (χ1) is 14.9. The Morgan fingerprint density at radius 1 is 1.00 bits per heavy atom. The van der Waals surface area contributed by atoms with Gasteiger partial charge in [0.1, 0.15) is 17.3 Å². The first-order valence-electron chi connectivity index (χ1n) is 9.46. The summed E-state index contributed by atoms with van der Waals surface area (Å²) in [5.41, 5.74) is 1.56. The molecule has 1 aliphatic rings. The molecule has 0 atom stereocenters. The fourth-order valence-corrected chi connectivity index (χ4v) is 3.30. The number of rotatable bonds is 6. The molecule has 0 bridgehead atoms. The number of anilines is 2. The van der Waals surface area contributed by atoms with Gasteiger partial charge in [-0.3, -0.25) is 19.3 Å². The van der Waals surface area contributed by atoms with Crippen molar-refractivity contribution in [3.8, 4) is 0 Å². The molecule has 8 heteroatoms. The molecule has 7 nitrogen and oxygen atoms in total. The van der Waals surface area contributed by atoms with Crippen LogP contribution in [0, 0.1) is 5.82 Å². The Bertz CT molecular complexity index is 1180. The Hall–Kier alpha value is -4.20. The van der Waals surface area contributed by atoms with E-state index in [-0.39, 0.29) is 23.7 Å². The molecule has 1 aromatic heterocycles. The second-order valence-electron chi connectivity index (χ2n) is 6.92. The monoisotopic (exact) mass is 419 g/mol. The molecule has 2 N–H and O–H groups in total. The van der Waals surface area contributed by atoms with Crippen molar-refractivity contribution in [1.29, 1.82) is 0 Å². The van der Waals surface area contributed by atoms with Gasteiger partial charge in [-0.2, -0.15) is 0 Å². The predicted octanol–water partition coefficient (Wildman–Crippen LogP) is 3.77. The molecule has 3 aromatic rings. The lowest BCUT2D eigenvalue weighted by molar-refractivity contribution is -0.137. The van der Waals surface area contributed by atoms with E-state index in [0.717, 1.165) is 4.90 Å². The average Bonchev–Trinajstić information content (AvgIpc) is 3.32. The van der Waals surface area contributed by atoms with Crippen molar-refractivity contribution >= 4 is 34.7 Å². The van der Waals surface area contributed by atoms with Gasteiger partial charge in [-0.05, 0) is 48.0 Å². The minimum atomic E-state index is -0.549. The highest BCUT2D eigenvalue weighted by Crippen LogP contribution is 2.32. The number of benzene rings is 2. The molecule has 0 fully saturated rings. The molecule has 0 saturated carbocycles. The lowest BCUT2D eigenvalue weighted by atomic mass is 10.0. The van der Waals surface area contributed by atoms with Gasteiger partial charge in [-0.25, -0.2) is 4.39 Å². The zero-order chi connectivity index (χ0) is 22.0. The molecule has 1 aliphatic heterocycles. The van der Waals surface area contributed by atoms with Gasteiger partial charge in [0.15, 0.2) is 0 Å². The van der Waals surface area contributed by atoms with E-state index in [0.29, 0.717) is 22.7 Å². The summed E-state index contributed by atoms with van der Waals surface area (Å²) in [4.78, 5) is 38.6. The lowest BCUT2D eigenvalue weighted by Crippen LogP contribution is -2.31. The molecule has 4 rings (SSSR count). The van der Waals surface area contributed by atoms with Crippen LogP contribution >= 0.6 is 0 Å². The zero-order valence-electron chi connectivity index (χ0n) is 16.5. The van der Waals surface area contributed by atoms with E-state index in [4.69, 9.17) is 4.42 Å². The van der Waals surface area contributed by atoms with Gasteiger partial charge < -0.3 is 15.1 Å². The summed E-state index contributed by atoms with van der Waals surface area (Å²) in [6.07, 6.45) is 1.46. The van der Waals surface area contributed by atoms with Gasteiger partial charge in [0.05, 0.1) is 18.4 Å². The molecule has 0 spiro atoms. The molecular weight excluding hydrogens is 401 g/mol. The van der Waals surface area contributed by atoms with E-state index in [2.05, 4.69) is 10.6 Å². The van der Waals surface area contributed by atoms with Gasteiger partial charge >= 0.3 is 0 Å². The maximum absolute atomic E-state index is 13.6. The molecule has 0 saturated heterocycles. The quantitative estimate of drug-likeness (QED) is 0.594. The van der Waals surface area contributed by atoms with E-state index in [1.807, 2.05) is 0 Å². The zero-order valence-corrected chi connectivity index (χ0v) is 16.5. The maximum atomic E-state index is 13.6. The van der Waals surface area contributed by atoms with Crippen LogP contribution in [0.1, 0.15) is 18.2 Å². The normalized spacial score (nSPS) is 13.7. The average molecular weight is 419 g/mol. The minimum absolute atomic E-state index is 0.0352. The third-order valence-electron chi connectivity index (χ3n) is 4.65. The van der Waals surface area contributed by atoms with Gasteiger partial charge in [0.2, 0.25) is 5.91 Å². The minimum Gasteiger partial charge on any atom is -0.467 e. The summed E-state index contributed by atoms with van der Waals surface area (Å²) >= 11 is 0. The van der Waals surface area contributed by atoms with Crippen molar-refractivity contribution in [3.05, 3.63) is 89.8 Å². The Balaban J connectivity index is 1.72. The molecule has 0 aliphatic carbocycles. The van der Waals surface area contributed by atoms with Gasteiger partial charge in [-0.15, -0.1) is 0 Å². The van der Waals surface area contributed by atoms with E-state index >= 15 is 0 Å². The first-order valence-corrected chi connectivity index (χ1v) is 9.46. The Kier molecular flexibility index (Phi) is 5.36. The fraction of sp³-hybridized carbons (Fsp3) is 0.0870. The summed E-state index contributed by atoms with van der Waals surface area (Å²) in [6.45, 7) is 1.36. The number of halogens is 1. The standard InChI is InChI=1S/C23H18FN3O4/c1-14(28)25-17-9-7-15(8-10-17)20-21(26-18-5-2-4-16(24)12-18)23(30)27(22(20)29)13-19-6-3-11-31-19/h2-12,26H,13H2,1H3,(H,25,28). The number of hydrogen-bond acceptors (Lipinski definition) is 5. The van der Waals surface area contributed by atoms with Crippen molar-refractivity contribution in [1.82, 2.24) is 4.90 Å². The van der Waals surface area contributed by atoms with Crippen LogP contribution in [0.4, 0.5) is 15.8 Å². The highest BCUT2D eigenvalue weighted by Gasteiger charge is 2.39. The van der Waals surface area contributed by atoms with Crippen LogP contribution in [0.15, 0.2) is 77.0 Å². The van der Waals surface area contributed by atoms with Crippen LogP contribution in [0.25, 0.3) is 5.57 Å². The van der Waals surface area contributed by atoms with Gasteiger partial charge in [-0.1, -0.05) is 18.2 Å². The Morgan fingerprint density at radius 3 is 2.42 bits per heavy atom. The number of imide groups is 1. The van der Waals surface area contributed by atoms with E-state index in [1.165, 1.54) is 31.4 Å². The summed E-state index contributed by atoms with van der Waals surface area (Å²) in [5, 5.41) is 5.55. The molecule has 0 unspecified atom stereocenters. The van der Waals surface area contributed by atoms with Crippen LogP contribution < -0.4 is 10.6 Å². The number of furan rings is 1. The van der Waals surface area contributed by atoms with Crippen LogP contribution in [-0.2, 0) is 20.9 Å². The third-order valence-corrected chi connectivity index (χ3v) is 4.65. The lowest BCUT2D eigenvalue weighted by Gasteiger charge is -2.13. The smallest absolute Gasteiger partial charge is 0.278 e. The van der Waals surface area contributed by atoms with E-state index < -0.39 is 17.6 Å². The highest BCUT2D eigenvalue weighted by molar-refractivity contribution is 6.36. The predicted molar refractivity (Wildman–Crippen MR) is 112 cm³/mol. The summed E-state index contributed by atoms with van der Waals surface area (Å²) < 4.78 is 18.9. The van der Waals surface area contributed by atoms with Crippen molar-refractivity contribution in [2.45, 2.75) is 13.5 Å². The first kappa shape index (κ1) is 20.1. The summed E-state index contributed by atoms with van der Waals surface area (Å²) in [7, 11) is 0. The Labute approximate surface area is 177 Å². The Morgan fingerprint density at radius 2 is 1.77 bits per heavy atom. The second-order valence-corrected chi connectivity index (χ2v) is 6.92. The largest absolute Gasteiger partial charge is 0.467 e. The van der Waals surface area contributed by atoms with Crippen LogP contribution in [0.5, 0.6) is 0 Å². The summed E-state index contributed by atoms with van der Waals surface area (Å²) in [5.74, 6) is -1.30. The van der Waals surface area contributed by atoms with E-state index in [9.17, 15) is 18.8 Å². The van der Waals surface area contributed by atoms with Gasteiger partial charge in [0, 0.05) is 18.3 Å². The number of carbonyl (C=O) groups is 3. The number of hydrogen-bond donors (Lipinski definition) is 2. The molecular formula is C23H18FN3O4. The van der Waals surface area contributed by atoms with Crippen LogP contribution in [0.3, 0.4) is 0 Å². The third kappa shape index (κ3) is 4.23. The van der Waals surface area contributed by atoms with Crippen molar-refractivity contribution in [2.24, 2.45) is 0 Å². The topological polar surface area (TPSA) is 91.7 Å². The van der Waals surface area contributed by atoms with Crippen LogP contribution in [-0.4, -0.2) is 22.6 Å². The number of carbonyl (C=O) groups excluding carboxylic acids is 3. The second kappa shape index (κ2) is 8.27. The van der Waals surface area contributed by atoms with Crippen molar-refractivity contribution < 1.29 is 23.2 Å². The molecule has 2 aromatic carbocycles. The highest BCUT2D eigenvalue weighted by atomic mass is 19.1. The number of nitrogens with zero attached hydrogens (tertiary/aromatic N) is 1. The van der Waals surface area contributed by atoms with Gasteiger partial charge in [0.25, 0.3) is 11.8 Å². The number of amides is 3. The maximum Gasteiger partial charge on any atom is 0.278 e. The molecule has 156 valence electrons. The summed E-state index contributed by atoms with van der Waals surface area (Å²) in [6, 6.07) is 15.5. The molecule has 2 heterocycles. The SMILES string of the molecule is CC(=O)Nc1ccc(C2=C(Nc3cccc(F)c3)C(=O)N(Cc3ccco3)C2=O)cc1. The van der Waals surface area contributed by atoms with Crippen molar-refractivity contribution in [2.75, 3.05) is 10.6 Å². The van der Waals surface area contributed by atoms with E-state index in [1.54, 1.807) is 42.5 Å².